The summed E-state index contributed by atoms with van der Waals surface area (Å²) in [5.41, 5.74) is 2.17. The van der Waals surface area contributed by atoms with Crippen LogP contribution in [0, 0.1) is 13.8 Å². The van der Waals surface area contributed by atoms with Crippen LogP contribution >= 0.6 is 11.3 Å². The summed E-state index contributed by atoms with van der Waals surface area (Å²) in [4.78, 5) is 16.3. The number of aromatic nitrogens is 1. The second-order valence-electron chi connectivity index (χ2n) is 4.94. The summed E-state index contributed by atoms with van der Waals surface area (Å²) in [6.07, 6.45) is 1.13. The number of carbonyl (C=O) groups excluding carboxylic acids is 1. The van der Waals surface area contributed by atoms with Crippen molar-refractivity contribution < 1.29 is 13.2 Å². The zero-order chi connectivity index (χ0) is 16.3. The highest BCUT2D eigenvalue weighted by Crippen LogP contribution is 2.20. The molecule has 0 saturated carbocycles. The lowest BCUT2D eigenvalue weighted by molar-refractivity contribution is 0.251. The third-order valence-electron chi connectivity index (χ3n) is 2.95. The van der Waals surface area contributed by atoms with Gasteiger partial charge >= 0.3 is 6.03 Å². The van der Waals surface area contributed by atoms with Gasteiger partial charge in [-0.15, -0.1) is 11.3 Å². The second-order valence-corrected chi connectivity index (χ2v) is 7.90. The number of amides is 2. The maximum atomic E-state index is 11.9. The summed E-state index contributed by atoms with van der Waals surface area (Å²) < 4.78 is 23.1. The molecule has 0 aliphatic rings. The lowest BCUT2D eigenvalue weighted by Gasteiger charge is -2.10. The van der Waals surface area contributed by atoms with Gasteiger partial charge in [-0.1, -0.05) is 6.07 Å². The molecule has 0 bridgehead atoms. The van der Waals surface area contributed by atoms with Crippen molar-refractivity contribution in [3.63, 3.8) is 0 Å². The molecular weight excluding hydrogens is 322 g/mol. The Morgan fingerprint density at radius 2 is 2.05 bits per heavy atom. The highest BCUT2D eigenvalue weighted by atomic mass is 32.2. The molecule has 8 heteroatoms. The van der Waals surface area contributed by atoms with Gasteiger partial charge in [0, 0.05) is 23.0 Å². The number of carbonyl (C=O) groups is 1. The molecule has 0 atom stereocenters. The van der Waals surface area contributed by atoms with E-state index in [4.69, 9.17) is 0 Å². The first-order valence-electron chi connectivity index (χ1n) is 6.52. The predicted molar refractivity (Wildman–Crippen MR) is 87.0 cm³/mol. The highest BCUT2D eigenvalue weighted by Gasteiger charge is 2.11. The van der Waals surface area contributed by atoms with E-state index < -0.39 is 15.9 Å². The van der Waals surface area contributed by atoms with E-state index in [2.05, 4.69) is 15.6 Å². The molecule has 1 aromatic carbocycles. The first-order valence-corrected chi connectivity index (χ1v) is 9.29. The molecule has 0 aliphatic heterocycles. The lowest BCUT2D eigenvalue weighted by Crippen LogP contribution is -2.28. The van der Waals surface area contributed by atoms with Crippen LogP contribution in [0.3, 0.4) is 0 Å². The zero-order valence-electron chi connectivity index (χ0n) is 12.5. The fourth-order valence-corrected chi connectivity index (χ4v) is 3.13. The van der Waals surface area contributed by atoms with Gasteiger partial charge in [0.1, 0.15) is 5.01 Å². The van der Waals surface area contributed by atoms with Crippen LogP contribution in [0.25, 0.3) is 0 Å². The van der Waals surface area contributed by atoms with E-state index in [0.717, 1.165) is 22.5 Å². The van der Waals surface area contributed by atoms with Gasteiger partial charge in [0.05, 0.1) is 11.4 Å². The number of anilines is 1. The SMILES string of the molecule is Cc1csc(CNC(=O)Nc2cc(S(C)(=O)=O)ccc2C)n1. The number of hydrogen-bond acceptors (Lipinski definition) is 5. The Labute approximate surface area is 133 Å². The van der Waals surface area contributed by atoms with Crippen LogP contribution in [-0.2, 0) is 16.4 Å². The van der Waals surface area contributed by atoms with E-state index in [-0.39, 0.29) is 4.90 Å². The van der Waals surface area contributed by atoms with Gasteiger partial charge < -0.3 is 10.6 Å². The Balaban J connectivity index is 2.05. The van der Waals surface area contributed by atoms with Gasteiger partial charge in [0.2, 0.25) is 0 Å². The molecule has 0 spiro atoms. The van der Waals surface area contributed by atoms with Crippen LogP contribution < -0.4 is 10.6 Å². The number of hydrogen-bond donors (Lipinski definition) is 2. The first-order chi connectivity index (χ1) is 10.3. The molecule has 0 unspecified atom stereocenters. The van der Waals surface area contributed by atoms with Crippen molar-refractivity contribution in [3.8, 4) is 0 Å². The first kappa shape index (κ1) is 16.4. The molecule has 22 heavy (non-hydrogen) atoms. The number of sulfone groups is 1. The Kier molecular flexibility index (Phi) is 4.82. The number of aryl methyl sites for hydroxylation is 2. The van der Waals surface area contributed by atoms with Crippen molar-refractivity contribution in [1.82, 2.24) is 10.3 Å². The molecule has 2 rings (SSSR count). The zero-order valence-corrected chi connectivity index (χ0v) is 14.1. The van der Waals surface area contributed by atoms with Crippen LogP contribution in [0.4, 0.5) is 10.5 Å². The summed E-state index contributed by atoms with van der Waals surface area (Å²) in [5.74, 6) is 0. The second kappa shape index (κ2) is 6.45. The Bertz CT molecular complexity index is 797. The van der Waals surface area contributed by atoms with Crippen molar-refractivity contribution in [2.24, 2.45) is 0 Å². The molecular formula is C14H17N3O3S2. The van der Waals surface area contributed by atoms with E-state index in [1.54, 1.807) is 13.0 Å². The molecule has 0 aliphatic carbocycles. The van der Waals surface area contributed by atoms with Crippen LogP contribution in [0.15, 0.2) is 28.5 Å². The van der Waals surface area contributed by atoms with Crippen molar-refractivity contribution in [2.75, 3.05) is 11.6 Å². The topological polar surface area (TPSA) is 88.2 Å². The fourth-order valence-electron chi connectivity index (χ4n) is 1.77. The number of nitrogens with one attached hydrogen (secondary N) is 2. The summed E-state index contributed by atoms with van der Waals surface area (Å²) in [7, 11) is -3.31. The maximum Gasteiger partial charge on any atom is 0.319 e. The molecule has 118 valence electrons. The fraction of sp³-hybridized carbons (Fsp3) is 0.286. The van der Waals surface area contributed by atoms with Gasteiger partial charge in [0.25, 0.3) is 0 Å². The third-order valence-corrected chi connectivity index (χ3v) is 5.03. The van der Waals surface area contributed by atoms with Crippen molar-refractivity contribution >= 4 is 32.9 Å². The predicted octanol–water partition coefficient (Wildman–Crippen LogP) is 2.49. The van der Waals surface area contributed by atoms with Crippen LogP contribution in [0.1, 0.15) is 16.3 Å². The monoisotopic (exact) mass is 339 g/mol. The third kappa shape index (κ3) is 4.28. The van der Waals surface area contributed by atoms with Crippen molar-refractivity contribution in [1.29, 1.82) is 0 Å². The molecule has 6 nitrogen and oxygen atoms in total. The molecule has 1 heterocycles. The van der Waals surface area contributed by atoms with Gasteiger partial charge in [0.15, 0.2) is 9.84 Å². The van der Waals surface area contributed by atoms with E-state index in [0.29, 0.717) is 12.2 Å². The van der Waals surface area contributed by atoms with Gasteiger partial charge in [-0.2, -0.15) is 0 Å². The van der Waals surface area contributed by atoms with E-state index in [1.165, 1.54) is 23.5 Å². The largest absolute Gasteiger partial charge is 0.331 e. The minimum absolute atomic E-state index is 0.170. The van der Waals surface area contributed by atoms with Gasteiger partial charge in [-0.05, 0) is 31.5 Å². The molecule has 0 radical (unpaired) electrons. The van der Waals surface area contributed by atoms with E-state index in [9.17, 15) is 13.2 Å². The summed E-state index contributed by atoms with van der Waals surface area (Å²) in [5, 5.41) is 8.08. The average Bonchev–Trinajstić information content (AvgIpc) is 2.83. The molecule has 1 aromatic heterocycles. The summed E-state index contributed by atoms with van der Waals surface area (Å²) >= 11 is 1.47. The number of rotatable bonds is 4. The number of benzene rings is 1. The number of urea groups is 1. The molecule has 2 N–H and O–H groups in total. The number of nitrogens with zero attached hydrogens (tertiary/aromatic N) is 1. The van der Waals surface area contributed by atoms with E-state index >= 15 is 0 Å². The quantitative estimate of drug-likeness (QED) is 0.896. The standard InChI is InChI=1S/C14H17N3O3S2/c1-9-4-5-11(22(3,19)20)6-12(9)17-14(18)15-7-13-16-10(2)8-21-13/h4-6,8H,7H2,1-3H3,(H2,15,17,18). The van der Waals surface area contributed by atoms with Crippen LogP contribution in [-0.4, -0.2) is 25.7 Å². The van der Waals surface area contributed by atoms with Crippen LogP contribution in [0.2, 0.25) is 0 Å². The van der Waals surface area contributed by atoms with Gasteiger partial charge in [-0.3, -0.25) is 0 Å². The highest BCUT2D eigenvalue weighted by molar-refractivity contribution is 7.90. The minimum atomic E-state index is -3.31. The number of thiazole rings is 1. The molecule has 0 saturated heterocycles. The Morgan fingerprint density at radius 3 is 2.64 bits per heavy atom. The van der Waals surface area contributed by atoms with E-state index in [1.807, 2.05) is 12.3 Å². The molecule has 0 fully saturated rings. The smallest absolute Gasteiger partial charge is 0.319 e. The summed E-state index contributed by atoms with van der Waals surface area (Å²) in [6.45, 7) is 4.02. The van der Waals surface area contributed by atoms with Crippen molar-refractivity contribution in [2.45, 2.75) is 25.3 Å². The average molecular weight is 339 g/mol. The lowest BCUT2D eigenvalue weighted by atomic mass is 10.2. The molecule has 2 aromatic rings. The van der Waals surface area contributed by atoms with Gasteiger partial charge in [-0.25, -0.2) is 18.2 Å². The Hall–Kier alpha value is -1.93. The Morgan fingerprint density at radius 1 is 1.32 bits per heavy atom. The summed E-state index contributed by atoms with van der Waals surface area (Å²) in [6, 6.07) is 4.24. The van der Waals surface area contributed by atoms with Crippen LogP contribution in [0.5, 0.6) is 0 Å². The minimum Gasteiger partial charge on any atom is -0.331 e. The molecule has 2 amide bonds. The van der Waals surface area contributed by atoms with Crippen molar-refractivity contribution in [3.05, 3.63) is 39.8 Å². The normalized spacial score (nSPS) is 11.2. The maximum absolute atomic E-state index is 11.9.